The molecule has 0 saturated carbocycles. The van der Waals surface area contributed by atoms with E-state index in [2.05, 4.69) is 52.4 Å². The van der Waals surface area contributed by atoms with E-state index in [-0.39, 0.29) is 0 Å². The van der Waals surface area contributed by atoms with Crippen molar-refractivity contribution in [1.29, 1.82) is 0 Å². The maximum Gasteiger partial charge on any atom is 0.0975 e. The Morgan fingerprint density at radius 2 is 2.15 bits per heavy atom. The lowest BCUT2D eigenvalue weighted by molar-refractivity contribution is 0.465. The highest BCUT2D eigenvalue weighted by Gasteiger charge is 2.23. The number of nitrogens with zero attached hydrogens (tertiary/aromatic N) is 1. The summed E-state index contributed by atoms with van der Waals surface area (Å²) in [6.45, 7) is 3.19. The second kappa shape index (κ2) is 6.37. The summed E-state index contributed by atoms with van der Waals surface area (Å²) in [5.41, 5.74) is 2.65. The summed E-state index contributed by atoms with van der Waals surface area (Å²) < 4.78 is 1.13. The Kier molecular flexibility index (Phi) is 4.54. The van der Waals surface area contributed by atoms with Crippen molar-refractivity contribution in [2.75, 3.05) is 6.54 Å². The van der Waals surface area contributed by atoms with Gasteiger partial charge in [0.15, 0.2) is 0 Å². The first-order chi connectivity index (χ1) is 9.76. The molecule has 0 saturated heterocycles. The monoisotopic (exact) mass is 350 g/mol. The van der Waals surface area contributed by atoms with Crippen molar-refractivity contribution < 1.29 is 0 Å². The number of fused-ring (bicyclic) bond motifs is 1. The summed E-state index contributed by atoms with van der Waals surface area (Å²) in [7, 11) is 0. The molecular formula is C16H19BrN2S. The second-order valence-electron chi connectivity index (χ2n) is 5.22. The van der Waals surface area contributed by atoms with Crippen LogP contribution in [0.3, 0.4) is 0 Å². The molecule has 1 aromatic heterocycles. The van der Waals surface area contributed by atoms with Gasteiger partial charge in [0.05, 0.1) is 16.7 Å². The van der Waals surface area contributed by atoms with Gasteiger partial charge in [-0.25, -0.2) is 4.98 Å². The average molecular weight is 351 g/mol. The van der Waals surface area contributed by atoms with E-state index in [1.807, 2.05) is 11.3 Å². The third-order valence-corrected chi connectivity index (χ3v) is 5.38. The summed E-state index contributed by atoms with van der Waals surface area (Å²) in [5.74, 6) is 0. The third-order valence-electron chi connectivity index (χ3n) is 3.72. The molecule has 2 aromatic rings. The van der Waals surface area contributed by atoms with Gasteiger partial charge in [-0.2, -0.15) is 0 Å². The Morgan fingerprint density at radius 1 is 1.35 bits per heavy atom. The van der Waals surface area contributed by atoms with Crippen LogP contribution < -0.4 is 5.32 Å². The molecule has 0 amide bonds. The first-order valence-electron chi connectivity index (χ1n) is 7.22. The highest BCUT2D eigenvalue weighted by Crippen LogP contribution is 2.34. The van der Waals surface area contributed by atoms with Crippen LogP contribution in [0.15, 0.2) is 28.7 Å². The molecule has 0 radical (unpaired) electrons. The van der Waals surface area contributed by atoms with Gasteiger partial charge in [0.2, 0.25) is 0 Å². The number of aromatic nitrogens is 1. The zero-order valence-corrected chi connectivity index (χ0v) is 14.1. The second-order valence-corrected chi connectivity index (χ2v) is 7.31. The fraction of sp³-hybridized carbons (Fsp3) is 0.438. The molecule has 1 aliphatic rings. The smallest absolute Gasteiger partial charge is 0.0975 e. The summed E-state index contributed by atoms with van der Waals surface area (Å²) in [4.78, 5) is 6.41. The number of hydrogen-bond acceptors (Lipinski definition) is 3. The molecule has 0 spiro atoms. The minimum atomic E-state index is 0.471. The molecule has 2 nitrogen and oxygen atoms in total. The van der Waals surface area contributed by atoms with Crippen LogP contribution in [0.2, 0.25) is 0 Å². The minimum absolute atomic E-state index is 0.471. The SMILES string of the molecule is CCNC1CCCc2sc(Cc3ccc(Br)cc3)nc21. The summed E-state index contributed by atoms with van der Waals surface area (Å²) in [6, 6.07) is 9.02. The van der Waals surface area contributed by atoms with E-state index in [0.717, 1.165) is 17.4 Å². The number of thiazole rings is 1. The van der Waals surface area contributed by atoms with Crippen molar-refractivity contribution in [3.8, 4) is 0 Å². The van der Waals surface area contributed by atoms with Crippen molar-refractivity contribution in [3.63, 3.8) is 0 Å². The van der Waals surface area contributed by atoms with Gasteiger partial charge in [0.25, 0.3) is 0 Å². The Balaban J connectivity index is 1.80. The van der Waals surface area contributed by atoms with Crippen LogP contribution >= 0.6 is 27.3 Å². The Morgan fingerprint density at radius 3 is 2.90 bits per heavy atom. The third kappa shape index (κ3) is 3.13. The van der Waals surface area contributed by atoms with Crippen molar-refractivity contribution in [2.24, 2.45) is 0 Å². The van der Waals surface area contributed by atoms with E-state index in [0.29, 0.717) is 6.04 Å². The zero-order valence-electron chi connectivity index (χ0n) is 11.7. The number of rotatable bonds is 4. The van der Waals surface area contributed by atoms with Crippen LogP contribution in [0.5, 0.6) is 0 Å². The lowest BCUT2D eigenvalue weighted by atomic mass is 9.98. The molecule has 106 valence electrons. The van der Waals surface area contributed by atoms with Crippen molar-refractivity contribution in [3.05, 3.63) is 49.9 Å². The predicted molar refractivity (Wildman–Crippen MR) is 88.4 cm³/mol. The van der Waals surface area contributed by atoms with Crippen molar-refractivity contribution in [2.45, 2.75) is 38.6 Å². The maximum atomic E-state index is 4.91. The molecule has 1 N–H and O–H groups in total. The van der Waals surface area contributed by atoms with Gasteiger partial charge in [-0.05, 0) is 43.5 Å². The summed E-state index contributed by atoms with van der Waals surface area (Å²) in [6.07, 6.45) is 4.66. The number of aryl methyl sites for hydroxylation is 1. The van der Waals surface area contributed by atoms with Crippen molar-refractivity contribution in [1.82, 2.24) is 10.3 Å². The van der Waals surface area contributed by atoms with Crippen LogP contribution in [-0.2, 0) is 12.8 Å². The van der Waals surface area contributed by atoms with Crippen LogP contribution in [0.4, 0.5) is 0 Å². The number of hydrogen-bond donors (Lipinski definition) is 1. The van der Waals surface area contributed by atoms with Crippen LogP contribution in [0.1, 0.15) is 46.9 Å². The molecule has 0 fully saturated rings. The highest BCUT2D eigenvalue weighted by molar-refractivity contribution is 9.10. The van der Waals surface area contributed by atoms with Crippen molar-refractivity contribution >= 4 is 27.3 Å². The predicted octanol–water partition coefficient (Wildman–Crippen LogP) is 4.48. The van der Waals surface area contributed by atoms with Crippen LogP contribution in [0.25, 0.3) is 0 Å². The lowest BCUT2D eigenvalue weighted by Crippen LogP contribution is -2.24. The number of nitrogens with one attached hydrogen (secondary N) is 1. The summed E-state index contributed by atoms with van der Waals surface area (Å²) >= 11 is 5.38. The normalized spacial score (nSPS) is 18.0. The zero-order chi connectivity index (χ0) is 13.9. The first kappa shape index (κ1) is 14.2. The van der Waals surface area contributed by atoms with Crippen LogP contribution in [-0.4, -0.2) is 11.5 Å². The molecule has 20 heavy (non-hydrogen) atoms. The van der Waals surface area contributed by atoms with Gasteiger partial charge in [0, 0.05) is 15.8 Å². The van der Waals surface area contributed by atoms with Gasteiger partial charge < -0.3 is 5.32 Å². The number of halogens is 1. The quantitative estimate of drug-likeness (QED) is 0.878. The van der Waals surface area contributed by atoms with Gasteiger partial charge in [-0.15, -0.1) is 11.3 Å². The lowest BCUT2D eigenvalue weighted by Gasteiger charge is -2.21. The van der Waals surface area contributed by atoms with E-state index in [1.165, 1.54) is 40.4 Å². The average Bonchev–Trinajstić information content (AvgIpc) is 2.85. The molecule has 1 heterocycles. The Hall–Kier alpha value is -0.710. The highest BCUT2D eigenvalue weighted by atomic mass is 79.9. The van der Waals surface area contributed by atoms with Gasteiger partial charge in [-0.1, -0.05) is 35.0 Å². The molecule has 1 unspecified atom stereocenters. The minimum Gasteiger partial charge on any atom is -0.309 e. The fourth-order valence-electron chi connectivity index (χ4n) is 2.77. The standard InChI is InChI=1S/C16H19BrN2S/c1-2-18-13-4-3-5-14-16(13)19-15(20-14)10-11-6-8-12(17)9-7-11/h6-9,13,18H,2-5,10H2,1H3. The van der Waals surface area contributed by atoms with Gasteiger partial charge in [0.1, 0.15) is 0 Å². The topological polar surface area (TPSA) is 24.9 Å². The molecule has 0 aliphatic heterocycles. The van der Waals surface area contributed by atoms with E-state index in [1.54, 1.807) is 0 Å². The first-order valence-corrected chi connectivity index (χ1v) is 8.83. The maximum absolute atomic E-state index is 4.91. The van der Waals surface area contributed by atoms with E-state index in [4.69, 9.17) is 4.98 Å². The van der Waals surface area contributed by atoms with Gasteiger partial charge >= 0.3 is 0 Å². The number of benzene rings is 1. The molecule has 3 rings (SSSR count). The van der Waals surface area contributed by atoms with Crippen LogP contribution in [0, 0.1) is 0 Å². The molecule has 0 bridgehead atoms. The van der Waals surface area contributed by atoms with E-state index >= 15 is 0 Å². The van der Waals surface area contributed by atoms with E-state index in [9.17, 15) is 0 Å². The molecule has 1 aromatic carbocycles. The van der Waals surface area contributed by atoms with Gasteiger partial charge in [-0.3, -0.25) is 0 Å². The largest absolute Gasteiger partial charge is 0.309 e. The summed E-state index contributed by atoms with van der Waals surface area (Å²) in [5, 5.41) is 4.82. The molecule has 1 atom stereocenters. The Bertz CT molecular complexity index is 577. The molecule has 4 heteroatoms. The van der Waals surface area contributed by atoms with E-state index < -0.39 is 0 Å². The Labute approximate surface area is 132 Å². The molecular weight excluding hydrogens is 332 g/mol. The molecule has 1 aliphatic carbocycles. The fourth-order valence-corrected chi connectivity index (χ4v) is 4.24.